The average Bonchev–Trinajstić information content (AvgIpc) is 2.77. The maximum atomic E-state index is 12.9. The van der Waals surface area contributed by atoms with Gasteiger partial charge in [-0.25, -0.2) is 8.42 Å². The maximum Gasteiger partial charge on any atom is 0.265 e. The molecule has 0 aliphatic carbocycles. The summed E-state index contributed by atoms with van der Waals surface area (Å²) in [5.41, 5.74) is 4.08. The van der Waals surface area contributed by atoms with Crippen LogP contribution in [0.5, 0.6) is 5.75 Å². The van der Waals surface area contributed by atoms with Crippen LogP contribution in [0, 0.1) is 20.8 Å². The van der Waals surface area contributed by atoms with Crippen molar-refractivity contribution in [3.63, 3.8) is 0 Å². The highest BCUT2D eigenvalue weighted by Gasteiger charge is 2.31. The summed E-state index contributed by atoms with van der Waals surface area (Å²) in [5.74, 6) is 0.111. The molecule has 7 heteroatoms. The van der Waals surface area contributed by atoms with Gasteiger partial charge in [0.05, 0.1) is 11.9 Å². The van der Waals surface area contributed by atoms with Crippen LogP contribution in [-0.2, 0) is 14.8 Å². The number of anilines is 2. The first-order valence-corrected chi connectivity index (χ1v) is 10.6. The van der Waals surface area contributed by atoms with Crippen molar-refractivity contribution in [2.75, 3.05) is 22.4 Å². The van der Waals surface area contributed by atoms with Gasteiger partial charge in [0, 0.05) is 18.7 Å². The number of carbonyl (C=O) groups is 1. The maximum absolute atomic E-state index is 12.9. The van der Waals surface area contributed by atoms with E-state index in [4.69, 9.17) is 4.74 Å². The predicted octanol–water partition coefficient (Wildman–Crippen LogP) is 3.17. The number of benzene rings is 2. The summed E-state index contributed by atoms with van der Waals surface area (Å²) < 4.78 is 31.7. The van der Waals surface area contributed by atoms with Crippen molar-refractivity contribution in [1.29, 1.82) is 0 Å². The smallest absolute Gasteiger partial charge is 0.265 e. The van der Waals surface area contributed by atoms with E-state index < -0.39 is 16.1 Å². The molecule has 3 rings (SSSR count). The Kier molecular flexibility index (Phi) is 5.15. The van der Waals surface area contributed by atoms with Crippen LogP contribution in [0.15, 0.2) is 36.4 Å². The van der Waals surface area contributed by atoms with Gasteiger partial charge in [0.1, 0.15) is 5.75 Å². The van der Waals surface area contributed by atoms with Crippen molar-refractivity contribution in [3.8, 4) is 5.75 Å². The third-order valence-corrected chi connectivity index (χ3v) is 5.85. The number of amides is 1. The lowest BCUT2D eigenvalue weighted by molar-refractivity contribution is -0.122. The molecule has 1 atom stereocenters. The first-order chi connectivity index (χ1) is 12.7. The van der Waals surface area contributed by atoms with Crippen LogP contribution in [-0.4, -0.2) is 33.2 Å². The molecule has 1 aliphatic heterocycles. The zero-order valence-corrected chi connectivity index (χ0v) is 16.8. The standard InChI is InChI=1S/C20H24N2O4S/c1-13-8-9-17-16(12-13)22(27(4,24)25)11-10-18(26-17)20(23)21-19-14(2)6-5-7-15(19)3/h5-9,12,18H,10-11H2,1-4H3,(H,21,23). The van der Waals surface area contributed by atoms with Gasteiger partial charge in [-0.1, -0.05) is 24.3 Å². The predicted molar refractivity (Wildman–Crippen MR) is 107 cm³/mol. The second-order valence-corrected chi connectivity index (χ2v) is 8.86. The van der Waals surface area contributed by atoms with Gasteiger partial charge in [0.2, 0.25) is 10.0 Å². The number of para-hydroxylation sites is 1. The first kappa shape index (κ1) is 19.2. The van der Waals surface area contributed by atoms with E-state index in [-0.39, 0.29) is 18.9 Å². The summed E-state index contributed by atoms with van der Waals surface area (Å²) in [7, 11) is -3.48. The second-order valence-electron chi connectivity index (χ2n) is 6.96. The highest BCUT2D eigenvalue weighted by molar-refractivity contribution is 7.92. The summed E-state index contributed by atoms with van der Waals surface area (Å²) in [6, 6.07) is 11.1. The van der Waals surface area contributed by atoms with E-state index in [9.17, 15) is 13.2 Å². The summed E-state index contributed by atoms with van der Waals surface area (Å²) >= 11 is 0. The van der Waals surface area contributed by atoms with Crippen molar-refractivity contribution in [3.05, 3.63) is 53.1 Å². The van der Waals surface area contributed by atoms with E-state index in [1.54, 1.807) is 12.1 Å². The SMILES string of the molecule is Cc1ccc2c(c1)N(S(C)(=O)=O)CCC(C(=O)Nc1c(C)cccc1C)O2. The highest BCUT2D eigenvalue weighted by Crippen LogP contribution is 2.35. The summed E-state index contributed by atoms with van der Waals surface area (Å²) in [6.07, 6.45) is 0.644. The van der Waals surface area contributed by atoms with E-state index in [0.717, 1.165) is 28.6 Å². The molecule has 144 valence electrons. The van der Waals surface area contributed by atoms with Gasteiger partial charge in [0.15, 0.2) is 6.10 Å². The van der Waals surface area contributed by atoms with Crippen LogP contribution in [0.2, 0.25) is 0 Å². The van der Waals surface area contributed by atoms with E-state index in [1.807, 2.05) is 45.0 Å². The van der Waals surface area contributed by atoms with Crippen molar-refractivity contribution in [1.82, 2.24) is 0 Å². The van der Waals surface area contributed by atoms with Gasteiger partial charge in [-0.15, -0.1) is 0 Å². The topological polar surface area (TPSA) is 75.7 Å². The number of aryl methyl sites for hydroxylation is 3. The highest BCUT2D eigenvalue weighted by atomic mass is 32.2. The number of nitrogens with one attached hydrogen (secondary N) is 1. The number of rotatable bonds is 3. The zero-order valence-electron chi connectivity index (χ0n) is 15.9. The summed E-state index contributed by atoms with van der Waals surface area (Å²) in [5, 5.41) is 2.94. The molecule has 0 spiro atoms. The summed E-state index contributed by atoms with van der Waals surface area (Å²) in [4.78, 5) is 12.9. The lowest BCUT2D eigenvalue weighted by atomic mass is 10.1. The molecule has 27 heavy (non-hydrogen) atoms. The Bertz CT molecular complexity index is 965. The molecule has 0 saturated heterocycles. The van der Waals surface area contributed by atoms with Gasteiger partial charge in [-0.3, -0.25) is 9.10 Å². The lowest BCUT2D eigenvalue weighted by Gasteiger charge is -2.21. The van der Waals surface area contributed by atoms with Crippen molar-refractivity contribution >= 4 is 27.3 Å². The van der Waals surface area contributed by atoms with E-state index in [2.05, 4.69) is 5.32 Å². The molecule has 1 amide bonds. The Morgan fingerprint density at radius 2 is 1.81 bits per heavy atom. The number of hydrogen-bond acceptors (Lipinski definition) is 4. The average molecular weight is 388 g/mol. The Hall–Kier alpha value is -2.54. The first-order valence-electron chi connectivity index (χ1n) is 8.79. The molecular formula is C20H24N2O4S. The van der Waals surface area contributed by atoms with Crippen LogP contribution in [0.4, 0.5) is 11.4 Å². The Labute approximate surface area is 160 Å². The van der Waals surface area contributed by atoms with Crippen LogP contribution in [0.1, 0.15) is 23.1 Å². The monoisotopic (exact) mass is 388 g/mol. The molecular weight excluding hydrogens is 364 g/mol. The molecule has 1 unspecified atom stereocenters. The minimum atomic E-state index is -3.48. The van der Waals surface area contributed by atoms with Gasteiger partial charge in [-0.05, 0) is 49.6 Å². The minimum Gasteiger partial charge on any atom is -0.478 e. The normalized spacial score (nSPS) is 16.9. The van der Waals surface area contributed by atoms with Gasteiger partial charge >= 0.3 is 0 Å². The molecule has 0 aromatic heterocycles. The summed E-state index contributed by atoms with van der Waals surface area (Å²) in [6.45, 7) is 5.93. The minimum absolute atomic E-state index is 0.181. The second kappa shape index (κ2) is 7.23. The third-order valence-electron chi connectivity index (χ3n) is 4.67. The quantitative estimate of drug-likeness (QED) is 0.876. The van der Waals surface area contributed by atoms with E-state index in [1.165, 1.54) is 4.31 Å². The number of nitrogens with zero attached hydrogens (tertiary/aromatic N) is 1. The Morgan fingerprint density at radius 3 is 2.44 bits per heavy atom. The van der Waals surface area contributed by atoms with Gasteiger partial charge < -0.3 is 10.1 Å². The fraction of sp³-hybridized carbons (Fsp3) is 0.350. The molecule has 0 saturated carbocycles. The lowest BCUT2D eigenvalue weighted by Crippen LogP contribution is -2.36. The van der Waals surface area contributed by atoms with Crippen LogP contribution in [0.25, 0.3) is 0 Å². The number of ether oxygens (including phenoxy) is 1. The zero-order chi connectivity index (χ0) is 19.8. The Balaban J connectivity index is 1.91. The number of carbonyl (C=O) groups excluding carboxylic acids is 1. The molecule has 0 radical (unpaired) electrons. The van der Waals surface area contributed by atoms with Crippen molar-refractivity contribution < 1.29 is 17.9 Å². The van der Waals surface area contributed by atoms with E-state index >= 15 is 0 Å². The number of sulfonamides is 1. The van der Waals surface area contributed by atoms with Gasteiger partial charge in [-0.2, -0.15) is 0 Å². The fourth-order valence-corrected chi connectivity index (χ4v) is 4.17. The van der Waals surface area contributed by atoms with Crippen LogP contribution in [0.3, 0.4) is 0 Å². The third kappa shape index (κ3) is 4.08. The molecule has 2 aromatic carbocycles. The molecule has 2 aromatic rings. The molecule has 1 N–H and O–H groups in total. The molecule has 6 nitrogen and oxygen atoms in total. The van der Waals surface area contributed by atoms with Crippen molar-refractivity contribution in [2.24, 2.45) is 0 Å². The molecule has 0 fully saturated rings. The largest absolute Gasteiger partial charge is 0.478 e. The molecule has 0 bridgehead atoms. The fourth-order valence-electron chi connectivity index (χ4n) is 3.23. The van der Waals surface area contributed by atoms with Crippen LogP contribution >= 0.6 is 0 Å². The Morgan fingerprint density at radius 1 is 1.15 bits per heavy atom. The molecule has 1 heterocycles. The van der Waals surface area contributed by atoms with E-state index in [0.29, 0.717) is 11.4 Å². The number of hydrogen-bond donors (Lipinski definition) is 1. The van der Waals surface area contributed by atoms with Crippen LogP contribution < -0.4 is 14.4 Å². The number of fused-ring (bicyclic) bond motifs is 1. The van der Waals surface area contributed by atoms with Gasteiger partial charge in [0.25, 0.3) is 5.91 Å². The van der Waals surface area contributed by atoms with Crippen molar-refractivity contribution in [2.45, 2.75) is 33.3 Å². The molecule has 1 aliphatic rings.